The molecule has 0 aromatic rings. The van der Waals surface area contributed by atoms with Crippen molar-refractivity contribution < 1.29 is 19.4 Å². The van der Waals surface area contributed by atoms with E-state index in [1.54, 1.807) is 11.8 Å². The minimum atomic E-state index is -0.865. The molecular weight excluding hydrogens is 234 g/mol. The van der Waals surface area contributed by atoms with Crippen LogP contribution >= 0.6 is 0 Å². The number of nitrogens with zero attached hydrogens (tertiary/aromatic N) is 1. The molecule has 0 aromatic heterocycles. The van der Waals surface area contributed by atoms with Crippen LogP contribution in [-0.4, -0.2) is 47.7 Å². The summed E-state index contributed by atoms with van der Waals surface area (Å²) >= 11 is 0. The topological polar surface area (TPSA) is 66.8 Å². The van der Waals surface area contributed by atoms with E-state index in [1.807, 2.05) is 13.8 Å². The number of amides is 1. The van der Waals surface area contributed by atoms with Crippen molar-refractivity contribution in [1.29, 1.82) is 0 Å². The molecule has 0 saturated carbocycles. The van der Waals surface area contributed by atoms with Gasteiger partial charge in [-0.2, -0.15) is 0 Å². The molecule has 1 aliphatic heterocycles. The molecule has 18 heavy (non-hydrogen) atoms. The van der Waals surface area contributed by atoms with Crippen LogP contribution in [0.3, 0.4) is 0 Å². The van der Waals surface area contributed by atoms with E-state index in [1.165, 1.54) is 0 Å². The van der Waals surface area contributed by atoms with Crippen LogP contribution in [0.15, 0.2) is 0 Å². The van der Waals surface area contributed by atoms with E-state index >= 15 is 0 Å². The summed E-state index contributed by atoms with van der Waals surface area (Å²) in [7, 11) is 0. The van der Waals surface area contributed by atoms with Gasteiger partial charge in [-0.25, -0.2) is 0 Å². The Morgan fingerprint density at radius 3 is 2.61 bits per heavy atom. The van der Waals surface area contributed by atoms with Crippen LogP contribution < -0.4 is 0 Å². The largest absolute Gasteiger partial charge is 0.481 e. The number of aliphatic carboxylic acids is 1. The average Bonchev–Trinajstić information content (AvgIpc) is 2.82. The second kappa shape index (κ2) is 6.73. The number of carboxylic acids is 1. The minimum absolute atomic E-state index is 0.00770. The van der Waals surface area contributed by atoms with E-state index in [4.69, 9.17) is 9.84 Å². The Bertz CT molecular complexity index is 305. The quantitative estimate of drug-likeness (QED) is 0.780. The zero-order chi connectivity index (χ0) is 13.7. The second-order valence-corrected chi connectivity index (χ2v) is 4.83. The standard InChI is InChI=1S/C13H23NO4/c1-4-11-10(6-7-18-11)12(15)14(5-2)8-9(3)13(16)17/h9-11H,4-8H2,1-3H3,(H,16,17). The Hall–Kier alpha value is -1.10. The van der Waals surface area contributed by atoms with Gasteiger partial charge < -0.3 is 14.7 Å². The highest BCUT2D eigenvalue weighted by molar-refractivity contribution is 5.80. The predicted molar refractivity (Wildman–Crippen MR) is 67.2 cm³/mol. The lowest BCUT2D eigenvalue weighted by Crippen LogP contribution is -2.42. The van der Waals surface area contributed by atoms with E-state index in [-0.39, 0.29) is 24.5 Å². The predicted octanol–water partition coefficient (Wildman–Crippen LogP) is 1.37. The number of carbonyl (C=O) groups excluding carboxylic acids is 1. The van der Waals surface area contributed by atoms with Crippen LogP contribution in [0.25, 0.3) is 0 Å². The van der Waals surface area contributed by atoms with Gasteiger partial charge >= 0.3 is 5.97 Å². The molecule has 1 aliphatic rings. The third kappa shape index (κ3) is 3.45. The van der Waals surface area contributed by atoms with E-state index in [9.17, 15) is 9.59 Å². The molecule has 0 spiro atoms. The highest BCUT2D eigenvalue weighted by atomic mass is 16.5. The summed E-state index contributed by atoms with van der Waals surface area (Å²) in [6.45, 7) is 6.96. The van der Waals surface area contributed by atoms with Crippen LogP contribution in [0.2, 0.25) is 0 Å². The molecule has 1 amide bonds. The lowest BCUT2D eigenvalue weighted by Gasteiger charge is -2.27. The first-order valence-electron chi connectivity index (χ1n) is 6.64. The molecule has 0 bridgehead atoms. The molecule has 5 nitrogen and oxygen atoms in total. The van der Waals surface area contributed by atoms with Crippen molar-refractivity contribution in [2.75, 3.05) is 19.7 Å². The van der Waals surface area contributed by atoms with Gasteiger partial charge in [-0.05, 0) is 19.8 Å². The third-order valence-electron chi connectivity index (χ3n) is 3.54. The van der Waals surface area contributed by atoms with Crippen molar-refractivity contribution in [1.82, 2.24) is 4.90 Å². The first-order valence-corrected chi connectivity index (χ1v) is 6.64. The van der Waals surface area contributed by atoms with Crippen LogP contribution in [0.5, 0.6) is 0 Å². The van der Waals surface area contributed by atoms with Crippen LogP contribution in [0, 0.1) is 11.8 Å². The molecule has 1 N–H and O–H groups in total. The molecule has 3 unspecified atom stereocenters. The summed E-state index contributed by atoms with van der Waals surface area (Å²) in [5.41, 5.74) is 0. The number of hydrogen-bond acceptors (Lipinski definition) is 3. The molecule has 0 aliphatic carbocycles. The van der Waals surface area contributed by atoms with Gasteiger partial charge in [0.25, 0.3) is 0 Å². The van der Waals surface area contributed by atoms with Gasteiger partial charge in [-0.3, -0.25) is 9.59 Å². The number of ether oxygens (including phenoxy) is 1. The summed E-state index contributed by atoms with van der Waals surface area (Å²) in [6, 6.07) is 0. The van der Waals surface area contributed by atoms with Crippen LogP contribution in [-0.2, 0) is 14.3 Å². The molecule has 1 heterocycles. The molecule has 3 atom stereocenters. The zero-order valence-corrected chi connectivity index (χ0v) is 11.4. The Kier molecular flexibility index (Phi) is 5.59. The highest BCUT2D eigenvalue weighted by Gasteiger charge is 2.35. The van der Waals surface area contributed by atoms with Gasteiger partial charge in [-0.15, -0.1) is 0 Å². The lowest BCUT2D eigenvalue weighted by molar-refractivity contribution is -0.144. The highest BCUT2D eigenvalue weighted by Crippen LogP contribution is 2.25. The second-order valence-electron chi connectivity index (χ2n) is 4.83. The summed E-state index contributed by atoms with van der Waals surface area (Å²) in [5.74, 6) is -1.46. The van der Waals surface area contributed by atoms with E-state index in [0.717, 1.165) is 12.8 Å². The van der Waals surface area contributed by atoms with E-state index < -0.39 is 11.9 Å². The molecule has 1 saturated heterocycles. The van der Waals surface area contributed by atoms with Crippen LogP contribution in [0.1, 0.15) is 33.6 Å². The van der Waals surface area contributed by atoms with Crippen molar-refractivity contribution in [3.63, 3.8) is 0 Å². The molecule has 1 rings (SSSR count). The fourth-order valence-corrected chi connectivity index (χ4v) is 2.35. The van der Waals surface area contributed by atoms with Gasteiger partial charge in [0.2, 0.25) is 5.91 Å². The summed E-state index contributed by atoms with van der Waals surface area (Å²) in [6.07, 6.45) is 1.56. The number of hydrogen-bond donors (Lipinski definition) is 1. The first-order chi connectivity index (χ1) is 8.51. The van der Waals surface area contributed by atoms with Gasteiger partial charge in [0.05, 0.1) is 17.9 Å². The maximum absolute atomic E-state index is 12.4. The van der Waals surface area contributed by atoms with Gasteiger partial charge in [0.15, 0.2) is 0 Å². The fraction of sp³-hybridized carbons (Fsp3) is 0.846. The molecular formula is C13H23NO4. The molecule has 5 heteroatoms. The maximum Gasteiger partial charge on any atom is 0.308 e. The molecule has 0 radical (unpaired) electrons. The average molecular weight is 257 g/mol. The minimum Gasteiger partial charge on any atom is -0.481 e. The monoisotopic (exact) mass is 257 g/mol. The van der Waals surface area contributed by atoms with Crippen LogP contribution in [0.4, 0.5) is 0 Å². The van der Waals surface area contributed by atoms with Crippen molar-refractivity contribution in [2.45, 2.75) is 39.7 Å². The summed E-state index contributed by atoms with van der Waals surface area (Å²) in [4.78, 5) is 24.8. The maximum atomic E-state index is 12.4. The number of carbonyl (C=O) groups is 2. The van der Waals surface area contributed by atoms with Gasteiger partial charge in [0.1, 0.15) is 0 Å². The molecule has 104 valence electrons. The number of rotatable bonds is 6. The fourth-order valence-electron chi connectivity index (χ4n) is 2.35. The van der Waals surface area contributed by atoms with Crippen molar-refractivity contribution in [3.05, 3.63) is 0 Å². The molecule has 0 aromatic carbocycles. The Labute approximate surface area is 108 Å². The smallest absolute Gasteiger partial charge is 0.308 e. The van der Waals surface area contributed by atoms with Crippen molar-refractivity contribution in [2.24, 2.45) is 11.8 Å². The Morgan fingerprint density at radius 2 is 2.11 bits per heavy atom. The third-order valence-corrected chi connectivity index (χ3v) is 3.54. The normalized spacial score (nSPS) is 24.8. The van der Waals surface area contributed by atoms with Crippen molar-refractivity contribution in [3.8, 4) is 0 Å². The van der Waals surface area contributed by atoms with E-state index in [0.29, 0.717) is 13.2 Å². The lowest BCUT2D eigenvalue weighted by atomic mass is 9.97. The number of carboxylic acid groups (broad SMARTS) is 1. The Balaban J connectivity index is 2.64. The SMILES string of the molecule is CCC1OCCC1C(=O)N(CC)CC(C)C(=O)O. The first kappa shape index (κ1) is 15.0. The summed E-state index contributed by atoms with van der Waals surface area (Å²) in [5, 5.41) is 8.91. The summed E-state index contributed by atoms with van der Waals surface area (Å²) < 4.78 is 5.52. The van der Waals surface area contributed by atoms with Gasteiger partial charge in [0, 0.05) is 19.7 Å². The zero-order valence-electron chi connectivity index (χ0n) is 11.4. The molecule has 1 fully saturated rings. The van der Waals surface area contributed by atoms with E-state index in [2.05, 4.69) is 0 Å². The van der Waals surface area contributed by atoms with Gasteiger partial charge in [-0.1, -0.05) is 13.8 Å². The Morgan fingerprint density at radius 1 is 1.44 bits per heavy atom. The van der Waals surface area contributed by atoms with Crippen molar-refractivity contribution >= 4 is 11.9 Å².